The Morgan fingerprint density at radius 2 is 1.79 bits per heavy atom. The summed E-state index contributed by atoms with van der Waals surface area (Å²) in [4.78, 5) is 0. The Labute approximate surface area is 85.5 Å². The van der Waals surface area contributed by atoms with E-state index in [1.54, 1.807) is 0 Å². The molecule has 0 fully saturated rings. The fourth-order valence-corrected chi connectivity index (χ4v) is 1.03. The predicted molar refractivity (Wildman–Crippen MR) is 62.8 cm³/mol. The number of allylic oxidation sites excluding steroid dienone is 3. The van der Waals surface area contributed by atoms with Crippen LogP contribution in [-0.4, -0.2) is 7.05 Å². The van der Waals surface area contributed by atoms with Gasteiger partial charge in [-0.25, -0.2) is 0 Å². The summed E-state index contributed by atoms with van der Waals surface area (Å²) in [5, 5.41) is 2.95. The molecule has 14 heavy (non-hydrogen) atoms. The van der Waals surface area contributed by atoms with E-state index in [1.807, 2.05) is 49.5 Å². The lowest BCUT2D eigenvalue weighted by Gasteiger charge is -2.00. The summed E-state index contributed by atoms with van der Waals surface area (Å²) in [6.45, 7) is 7.78. The van der Waals surface area contributed by atoms with Crippen molar-refractivity contribution < 1.29 is 0 Å². The molecule has 72 valence electrons. The van der Waals surface area contributed by atoms with Crippen LogP contribution in [0.2, 0.25) is 0 Å². The zero-order valence-electron chi connectivity index (χ0n) is 8.46. The molecule has 1 heteroatoms. The van der Waals surface area contributed by atoms with Crippen molar-refractivity contribution in [3.05, 3.63) is 66.9 Å². The quantitative estimate of drug-likeness (QED) is 0.711. The van der Waals surface area contributed by atoms with E-state index >= 15 is 0 Å². The van der Waals surface area contributed by atoms with E-state index < -0.39 is 0 Å². The maximum atomic E-state index is 3.98. The van der Waals surface area contributed by atoms with Crippen molar-refractivity contribution in [1.29, 1.82) is 0 Å². The second kappa shape index (κ2) is 5.07. The molecule has 1 nitrogen and oxygen atoms in total. The smallest absolute Gasteiger partial charge is 0.0264 e. The average molecular weight is 185 g/mol. The van der Waals surface area contributed by atoms with E-state index in [4.69, 9.17) is 0 Å². The number of benzene rings is 1. The van der Waals surface area contributed by atoms with Crippen molar-refractivity contribution in [2.75, 3.05) is 7.05 Å². The van der Waals surface area contributed by atoms with Gasteiger partial charge in [0.15, 0.2) is 0 Å². The number of hydrogen-bond acceptors (Lipinski definition) is 1. The molecule has 0 spiro atoms. The van der Waals surface area contributed by atoms with Gasteiger partial charge in [-0.05, 0) is 17.2 Å². The minimum Gasteiger partial charge on any atom is -0.389 e. The van der Waals surface area contributed by atoms with Crippen LogP contribution in [0.5, 0.6) is 0 Å². The predicted octanol–water partition coefficient (Wildman–Crippen LogP) is 2.99. The summed E-state index contributed by atoms with van der Waals surface area (Å²) in [6, 6.07) is 10.1. The van der Waals surface area contributed by atoms with Crippen LogP contribution < -0.4 is 5.32 Å². The molecular formula is C13H15N. The standard InChI is InChI=1S/C13H15N/c1-11(9-10-12(2)14-3)13-7-5-4-6-8-13/h4-10,14H,1-2H2,3H3/b10-9-. The van der Waals surface area contributed by atoms with E-state index in [0.29, 0.717) is 0 Å². The Morgan fingerprint density at radius 1 is 1.14 bits per heavy atom. The molecule has 0 unspecified atom stereocenters. The fraction of sp³-hybridized carbons (Fsp3) is 0.0769. The van der Waals surface area contributed by atoms with Gasteiger partial charge >= 0.3 is 0 Å². The molecular weight excluding hydrogens is 170 g/mol. The first-order valence-corrected chi connectivity index (χ1v) is 4.53. The van der Waals surface area contributed by atoms with Gasteiger partial charge in [0.1, 0.15) is 0 Å². The monoisotopic (exact) mass is 185 g/mol. The number of rotatable bonds is 4. The van der Waals surface area contributed by atoms with E-state index in [9.17, 15) is 0 Å². The third kappa shape index (κ3) is 2.94. The van der Waals surface area contributed by atoms with E-state index in [0.717, 1.165) is 16.8 Å². The highest BCUT2D eigenvalue weighted by atomic mass is 14.8. The molecule has 0 heterocycles. The number of hydrogen-bond donors (Lipinski definition) is 1. The second-order valence-electron chi connectivity index (χ2n) is 3.00. The Hall–Kier alpha value is -1.76. The van der Waals surface area contributed by atoms with Crippen LogP contribution in [0.3, 0.4) is 0 Å². The van der Waals surface area contributed by atoms with E-state index in [-0.39, 0.29) is 0 Å². The molecule has 1 N–H and O–H groups in total. The van der Waals surface area contributed by atoms with Crippen molar-refractivity contribution in [2.45, 2.75) is 0 Å². The van der Waals surface area contributed by atoms with Gasteiger partial charge in [-0.3, -0.25) is 0 Å². The van der Waals surface area contributed by atoms with Crippen LogP contribution in [0.25, 0.3) is 5.57 Å². The molecule has 0 aliphatic carbocycles. The minimum absolute atomic E-state index is 0.877. The second-order valence-corrected chi connectivity index (χ2v) is 3.00. The zero-order valence-corrected chi connectivity index (χ0v) is 8.46. The first kappa shape index (κ1) is 10.3. The lowest BCUT2D eigenvalue weighted by atomic mass is 10.1. The third-order valence-corrected chi connectivity index (χ3v) is 1.95. The molecule has 0 aromatic heterocycles. The van der Waals surface area contributed by atoms with E-state index in [1.165, 1.54) is 0 Å². The van der Waals surface area contributed by atoms with Crippen LogP contribution in [0, 0.1) is 0 Å². The van der Waals surface area contributed by atoms with Crippen LogP contribution in [0.15, 0.2) is 61.3 Å². The van der Waals surface area contributed by atoms with Crippen LogP contribution >= 0.6 is 0 Å². The molecule has 0 saturated heterocycles. The maximum absolute atomic E-state index is 3.98. The highest BCUT2D eigenvalue weighted by Gasteiger charge is 1.91. The van der Waals surface area contributed by atoms with Crippen molar-refractivity contribution in [1.82, 2.24) is 5.32 Å². The van der Waals surface area contributed by atoms with Gasteiger partial charge in [0.2, 0.25) is 0 Å². The zero-order chi connectivity index (χ0) is 10.4. The highest BCUT2D eigenvalue weighted by molar-refractivity contribution is 5.72. The lowest BCUT2D eigenvalue weighted by molar-refractivity contribution is 1.04. The highest BCUT2D eigenvalue weighted by Crippen LogP contribution is 2.12. The van der Waals surface area contributed by atoms with Gasteiger partial charge in [0, 0.05) is 12.7 Å². The Bertz CT molecular complexity index is 347. The van der Waals surface area contributed by atoms with Crippen LogP contribution in [0.1, 0.15) is 5.56 Å². The summed E-state index contributed by atoms with van der Waals surface area (Å²) in [5.74, 6) is 0. The molecule has 0 bridgehead atoms. The summed E-state index contributed by atoms with van der Waals surface area (Å²) in [6.07, 6.45) is 3.86. The summed E-state index contributed by atoms with van der Waals surface area (Å²) < 4.78 is 0. The van der Waals surface area contributed by atoms with Crippen molar-refractivity contribution in [3.8, 4) is 0 Å². The third-order valence-electron chi connectivity index (χ3n) is 1.95. The molecule has 1 aromatic carbocycles. The molecule has 0 saturated carbocycles. The summed E-state index contributed by atoms with van der Waals surface area (Å²) in [7, 11) is 1.85. The lowest BCUT2D eigenvalue weighted by Crippen LogP contribution is -2.00. The Balaban J connectivity index is 2.69. The van der Waals surface area contributed by atoms with Crippen molar-refractivity contribution >= 4 is 5.57 Å². The number of nitrogens with one attached hydrogen (secondary N) is 1. The molecule has 1 rings (SSSR count). The molecule has 0 amide bonds. The van der Waals surface area contributed by atoms with Crippen molar-refractivity contribution in [3.63, 3.8) is 0 Å². The van der Waals surface area contributed by atoms with Gasteiger partial charge in [-0.1, -0.05) is 49.6 Å². The SMILES string of the molecule is C=C(/C=C\C(=C)c1ccccc1)NC. The normalized spacial score (nSPS) is 10.1. The molecule has 0 aliphatic rings. The first-order chi connectivity index (χ1) is 6.74. The average Bonchev–Trinajstić information content (AvgIpc) is 2.26. The molecule has 0 atom stereocenters. The molecule has 0 radical (unpaired) electrons. The molecule has 1 aromatic rings. The van der Waals surface area contributed by atoms with Gasteiger partial charge in [-0.2, -0.15) is 0 Å². The van der Waals surface area contributed by atoms with Gasteiger partial charge in [0.25, 0.3) is 0 Å². The first-order valence-electron chi connectivity index (χ1n) is 4.53. The van der Waals surface area contributed by atoms with Gasteiger partial charge < -0.3 is 5.32 Å². The van der Waals surface area contributed by atoms with Crippen LogP contribution in [0.4, 0.5) is 0 Å². The fourth-order valence-electron chi connectivity index (χ4n) is 1.03. The van der Waals surface area contributed by atoms with Gasteiger partial charge in [0.05, 0.1) is 0 Å². The minimum atomic E-state index is 0.877. The largest absolute Gasteiger partial charge is 0.389 e. The maximum Gasteiger partial charge on any atom is 0.0264 e. The van der Waals surface area contributed by atoms with E-state index in [2.05, 4.69) is 18.5 Å². The topological polar surface area (TPSA) is 12.0 Å². The molecule has 0 aliphatic heterocycles. The summed E-state index contributed by atoms with van der Waals surface area (Å²) >= 11 is 0. The Morgan fingerprint density at radius 3 is 2.36 bits per heavy atom. The summed E-state index contributed by atoms with van der Waals surface area (Å²) in [5.41, 5.74) is 3.00. The van der Waals surface area contributed by atoms with Gasteiger partial charge in [-0.15, -0.1) is 0 Å². The number of likely N-dealkylation sites (N-methyl/N-ethyl adjacent to an activating group) is 1. The van der Waals surface area contributed by atoms with Crippen molar-refractivity contribution in [2.24, 2.45) is 0 Å². The Kier molecular flexibility index (Phi) is 3.74. The van der Waals surface area contributed by atoms with Crippen LogP contribution in [-0.2, 0) is 0 Å².